The monoisotopic (exact) mass is 946 g/mol. The van der Waals surface area contributed by atoms with E-state index in [1.165, 1.54) is 37.8 Å². The molecule has 0 radical (unpaired) electrons. The lowest BCUT2D eigenvalue weighted by molar-refractivity contribution is -0.153. The molecule has 0 unspecified atom stereocenters. The third-order valence-corrected chi connectivity index (χ3v) is 11.6. The number of furan rings is 1. The molecular weight excluding hydrogens is 891 g/mol. The second kappa shape index (κ2) is 22.5. The largest absolute Gasteiger partial charge is 0.494 e. The maximum atomic E-state index is 13.1. The summed E-state index contributed by atoms with van der Waals surface area (Å²) in [5, 5.41) is 13.2. The first-order valence-electron chi connectivity index (χ1n) is 20.3. The normalized spacial score (nSPS) is 14.3. The Morgan fingerprint density at radius 3 is 1.92 bits per heavy atom. The van der Waals surface area contributed by atoms with Crippen LogP contribution in [0.4, 0.5) is 17.6 Å². The third kappa shape index (κ3) is 14.5. The van der Waals surface area contributed by atoms with Crippen molar-refractivity contribution in [2.24, 2.45) is 0 Å². The van der Waals surface area contributed by atoms with Crippen LogP contribution in [0.3, 0.4) is 0 Å². The summed E-state index contributed by atoms with van der Waals surface area (Å²) in [5.74, 6) is -1.92. The molecule has 336 valence electrons. The number of aryl methyl sites for hydroxylation is 1. The molecule has 0 amide bonds. The molecule has 15 heteroatoms. The molecule has 6 rings (SSSR count). The highest BCUT2D eigenvalue weighted by Crippen LogP contribution is 2.37. The van der Waals surface area contributed by atoms with Gasteiger partial charge in [-0.15, -0.1) is 0 Å². The van der Waals surface area contributed by atoms with E-state index >= 15 is 0 Å². The maximum absolute atomic E-state index is 13.1. The molecule has 62 heavy (non-hydrogen) atoms. The van der Waals surface area contributed by atoms with Gasteiger partial charge >= 0.3 is 19.3 Å². The Hall–Kier alpha value is -4.05. The van der Waals surface area contributed by atoms with Crippen molar-refractivity contribution in [1.29, 1.82) is 0 Å². The average Bonchev–Trinajstić information content (AvgIpc) is 3.77. The van der Waals surface area contributed by atoms with Crippen LogP contribution in [-0.4, -0.2) is 59.2 Å². The first-order valence-corrected chi connectivity index (χ1v) is 21.4. The van der Waals surface area contributed by atoms with Crippen LogP contribution in [0, 0.1) is 12.7 Å². The fourth-order valence-corrected chi connectivity index (χ4v) is 6.58. The van der Waals surface area contributed by atoms with Crippen LogP contribution < -0.4 is 10.8 Å². The Bertz CT molecular complexity index is 2220. The van der Waals surface area contributed by atoms with E-state index in [0.29, 0.717) is 17.5 Å². The van der Waals surface area contributed by atoms with Gasteiger partial charge in [-0.3, -0.25) is 9.59 Å². The molecule has 2 heterocycles. The number of alkyl halides is 3. The minimum absolute atomic E-state index is 0.256. The van der Waals surface area contributed by atoms with Crippen LogP contribution in [0.15, 0.2) is 99.9 Å². The van der Waals surface area contributed by atoms with Crippen molar-refractivity contribution in [3.05, 3.63) is 135 Å². The highest BCUT2D eigenvalue weighted by atomic mass is 79.9. The van der Waals surface area contributed by atoms with Gasteiger partial charge in [0.05, 0.1) is 23.2 Å². The van der Waals surface area contributed by atoms with Crippen LogP contribution in [-0.2, 0) is 38.8 Å². The summed E-state index contributed by atoms with van der Waals surface area (Å²) in [5.41, 5.74) is 2.02. The van der Waals surface area contributed by atoms with Crippen LogP contribution >= 0.6 is 27.5 Å². The molecule has 1 aromatic heterocycles. The van der Waals surface area contributed by atoms with Gasteiger partial charge in [-0.25, -0.2) is 4.39 Å². The van der Waals surface area contributed by atoms with Crippen LogP contribution in [0.2, 0.25) is 0 Å². The van der Waals surface area contributed by atoms with E-state index in [-0.39, 0.29) is 18.1 Å². The lowest BCUT2D eigenvalue weighted by atomic mass is 9.75. The topological polar surface area (TPSA) is 101 Å². The number of hydrogen-bond acceptors (Lipinski definition) is 7. The van der Waals surface area contributed by atoms with E-state index in [2.05, 4.69) is 46.9 Å². The SMILES string of the molecule is CC(C)(C(=O)O)c1cccc(B2OC(C)(C)C(C)(C)O2)c1.CCN(CC)CC.Cc1ccc2ccc(F)cc2c1C(=O)Cl.FC(F)(F)c1ccc(CNCc2ccc(Br)cc2)o1. The highest BCUT2D eigenvalue weighted by Gasteiger charge is 2.52. The number of carboxylic acids is 1. The van der Waals surface area contributed by atoms with Gasteiger partial charge in [-0.1, -0.05) is 91.3 Å². The van der Waals surface area contributed by atoms with Gasteiger partial charge < -0.3 is 29.0 Å². The number of nitrogens with one attached hydrogen (secondary N) is 1. The molecule has 5 aromatic rings. The number of benzene rings is 4. The average molecular weight is 948 g/mol. The zero-order valence-electron chi connectivity index (χ0n) is 37.0. The number of carbonyl (C=O) groups is 2. The Morgan fingerprint density at radius 1 is 0.839 bits per heavy atom. The van der Waals surface area contributed by atoms with Gasteiger partial charge in [0.2, 0.25) is 5.76 Å². The van der Waals surface area contributed by atoms with Crippen molar-refractivity contribution < 1.29 is 46.0 Å². The van der Waals surface area contributed by atoms with Gasteiger partial charge in [0.15, 0.2) is 0 Å². The molecule has 1 fully saturated rings. The fraction of sp³-hybridized carbons (Fsp3) is 0.404. The standard InChI is InChI=1S/C16H23BO4.C13H11BrF3NO.C12H8ClFO.C6H15N/c1-14(2,13(18)19)11-8-7-9-12(10-11)17-20-15(3,4)16(5,6)21-17;14-10-3-1-9(2-4-10)7-18-8-11-5-6-12(19-11)13(15,16)17;1-7-2-3-8-4-5-9(14)6-10(8)11(7)12(13)15;1-4-7(5-2)6-3/h7-10H,1-6H3,(H,18,19);1-6,18H,7-8H2;2-6H,1H3;4-6H2,1-3H3. The van der Waals surface area contributed by atoms with Crippen molar-refractivity contribution in [2.45, 2.75) is 105 Å². The highest BCUT2D eigenvalue weighted by molar-refractivity contribution is 9.10. The first-order chi connectivity index (χ1) is 28.9. The van der Waals surface area contributed by atoms with E-state index in [1.807, 2.05) is 82.3 Å². The second-order valence-electron chi connectivity index (χ2n) is 16.2. The number of carboxylic acid groups (broad SMARTS) is 1. The fourth-order valence-electron chi connectivity index (χ4n) is 6.07. The molecule has 1 saturated heterocycles. The minimum Gasteiger partial charge on any atom is -0.481 e. The van der Waals surface area contributed by atoms with Gasteiger partial charge in [0, 0.05) is 16.6 Å². The Balaban J connectivity index is 0.000000232. The molecule has 0 atom stereocenters. The molecule has 1 aliphatic rings. The zero-order valence-corrected chi connectivity index (χ0v) is 39.3. The zero-order chi connectivity index (χ0) is 46.6. The van der Waals surface area contributed by atoms with E-state index in [4.69, 9.17) is 25.3 Å². The maximum Gasteiger partial charge on any atom is 0.494 e. The minimum atomic E-state index is -4.43. The number of rotatable bonds is 11. The number of nitrogens with zero attached hydrogens (tertiary/aromatic N) is 1. The van der Waals surface area contributed by atoms with E-state index in [0.717, 1.165) is 38.1 Å². The molecule has 4 aromatic carbocycles. The Kier molecular flexibility index (Phi) is 19.0. The molecule has 0 bridgehead atoms. The predicted molar refractivity (Wildman–Crippen MR) is 244 cm³/mol. The summed E-state index contributed by atoms with van der Waals surface area (Å²) in [7, 11) is -0.473. The van der Waals surface area contributed by atoms with E-state index in [9.17, 15) is 32.3 Å². The van der Waals surface area contributed by atoms with Gasteiger partial charge in [-0.05, 0) is 149 Å². The number of halogens is 6. The molecule has 1 aliphatic heterocycles. The van der Waals surface area contributed by atoms with Crippen LogP contribution in [0.25, 0.3) is 10.8 Å². The third-order valence-electron chi connectivity index (χ3n) is 10.9. The quantitative estimate of drug-likeness (QED) is 0.0767. The van der Waals surface area contributed by atoms with Crippen molar-refractivity contribution in [1.82, 2.24) is 10.2 Å². The number of aliphatic carboxylic acids is 1. The van der Waals surface area contributed by atoms with Gasteiger partial charge in [0.25, 0.3) is 5.24 Å². The number of hydrogen-bond donors (Lipinski definition) is 2. The first kappa shape index (κ1) is 52.3. The van der Waals surface area contributed by atoms with Crippen molar-refractivity contribution in [2.75, 3.05) is 19.6 Å². The molecule has 0 aliphatic carbocycles. The van der Waals surface area contributed by atoms with Gasteiger partial charge in [-0.2, -0.15) is 13.2 Å². The molecule has 2 N–H and O–H groups in total. The second-order valence-corrected chi connectivity index (χ2v) is 17.4. The van der Waals surface area contributed by atoms with Crippen molar-refractivity contribution >= 4 is 62.1 Å². The van der Waals surface area contributed by atoms with Crippen LogP contribution in [0.5, 0.6) is 0 Å². The van der Waals surface area contributed by atoms with Crippen molar-refractivity contribution in [3.63, 3.8) is 0 Å². The van der Waals surface area contributed by atoms with Crippen LogP contribution in [0.1, 0.15) is 101 Å². The molecule has 0 spiro atoms. The molecule has 0 saturated carbocycles. The van der Waals surface area contributed by atoms with E-state index in [1.54, 1.807) is 32.9 Å². The molecule has 8 nitrogen and oxygen atoms in total. The lowest BCUT2D eigenvalue weighted by Crippen LogP contribution is -2.41. The summed E-state index contributed by atoms with van der Waals surface area (Å²) in [4.78, 5) is 25.0. The number of fused-ring (bicyclic) bond motifs is 1. The van der Waals surface area contributed by atoms with E-state index < -0.39 is 46.9 Å². The summed E-state index contributed by atoms with van der Waals surface area (Å²) in [6.07, 6.45) is -4.43. The Labute approximate surface area is 376 Å². The molecular formula is C47H57BBrClF4N2O6. The smallest absolute Gasteiger partial charge is 0.481 e. The Morgan fingerprint density at radius 2 is 1.42 bits per heavy atom. The number of carbonyl (C=O) groups excluding carboxylic acids is 1. The van der Waals surface area contributed by atoms with Crippen molar-refractivity contribution in [3.8, 4) is 0 Å². The predicted octanol–water partition coefficient (Wildman–Crippen LogP) is 11.7. The summed E-state index contributed by atoms with van der Waals surface area (Å²) < 4.78 is 67.7. The van der Waals surface area contributed by atoms with Gasteiger partial charge in [0.1, 0.15) is 11.6 Å². The lowest BCUT2D eigenvalue weighted by Gasteiger charge is -2.32. The summed E-state index contributed by atoms with van der Waals surface area (Å²) in [6.45, 7) is 24.1. The summed E-state index contributed by atoms with van der Waals surface area (Å²) >= 11 is 8.81. The summed E-state index contributed by atoms with van der Waals surface area (Å²) in [6, 6.07) is 25.4.